The monoisotopic (exact) mass is 395 g/mol. The molecule has 1 aliphatic carbocycles. The van der Waals surface area contributed by atoms with Crippen molar-refractivity contribution in [2.45, 2.75) is 31.6 Å². The molecule has 3 N–H and O–H groups in total. The van der Waals surface area contributed by atoms with Crippen LogP contribution in [-0.2, 0) is 11.3 Å². The van der Waals surface area contributed by atoms with Gasteiger partial charge in [-0.2, -0.15) is 0 Å². The average Bonchev–Trinajstić information content (AvgIpc) is 3.14. The van der Waals surface area contributed by atoms with E-state index in [0.717, 1.165) is 24.2 Å². The zero-order chi connectivity index (χ0) is 20.0. The molecule has 29 heavy (non-hydrogen) atoms. The number of fused-ring (bicyclic) bond motifs is 4. The highest BCUT2D eigenvalue weighted by molar-refractivity contribution is 5.94. The summed E-state index contributed by atoms with van der Waals surface area (Å²) in [5.41, 5.74) is 3.31. The van der Waals surface area contributed by atoms with Crippen LogP contribution in [0, 0.1) is 0 Å². The summed E-state index contributed by atoms with van der Waals surface area (Å²) in [6.45, 7) is 0.347. The maximum atomic E-state index is 12.9. The van der Waals surface area contributed by atoms with E-state index in [9.17, 15) is 4.79 Å². The first kappa shape index (κ1) is 17.7. The van der Waals surface area contributed by atoms with E-state index in [-0.39, 0.29) is 18.2 Å². The van der Waals surface area contributed by atoms with Crippen LogP contribution in [0.2, 0.25) is 0 Å². The van der Waals surface area contributed by atoms with E-state index >= 15 is 0 Å². The summed E-state index contributed by atoms with van der Waals surface area (Å²) in [5, 5.41) is 9.41. The third kappa shape index (κ3) is 3.01. The number of hydrogen-bond donors (Lipinski definition) is 3. The molecule has 1 fully saturated rings. The van der Waals surface area contributed by atoms with Gasteiger partial charge in [0.1, 0.15) is 17.7 Å². The molecule has 0 unspecified atom stereocenters. The van der Waals surface area contributed by atoms with Gasteiger partial charge in [0, 0.05) is 13.1 Å². The molecule has 0 aromatic carbocycles. The van der Waals surface area contributed by atoms with Gasteiger partial charge in [0.25, 0.3) is 0 Å². The van der Waals surface area contributed by atoms with Gasteiger partial charge in [-0.1, -0.05) is 0 Å². The number of rotatable bonds is 2. The first-order valence-electron chi connectivity index (χ1n) is 9.44. The molecule has 0 radical (unpaired) electrons. The van der Waals surface area contributed by atoms with E-state index in [0.29, 0.717) is 35.0 Å². The predicted molar refractivity (Wildman–Crippen MR) is 107 cm³/mol. The van der Waals surface area contributed by atoms with Gasteiger partial charge in [0.2, 0.25) is 0 Å². The second-order valence-electron chi connectivity index (χ2n) is 7.08. The minimum absolute atomic E-state index is 0.0478. The predicted octanol–water partition coefficient (Wildman–Crippen LogP) is 2.24. The van der Waals surface area contributed by atoms with Crippen molar-refractivity contribution < 1.29 is 14.3 Å². The van der Waals surface area contributed by atoms with E-state index in [1.165, 1.54) is 10.9 Å². The van der Waals surface area contributed by atoms with Crippen LogP contribution in [-0.4, -0.2) is 51.9 Å². The fourth-order valence-electron chi connectivity index (χ4n) is 3.61. The maximum Gasteiger partial charge on any atom is 0.328 e. The normalized spacial score (nSPS) is 20.8. The Morgan fingerprint density at radius 3 is 2.97 bits per heavy atom. The van der Waals surface area contributed by atoms with Gasteiger partial charge in [-0.25, -0.2) is 19.3 Å². The lowest BCUT2D eigenvalue weighted by Crippen LogP contribution is -2.52. The number of anilines is 3. The van der Waals surface area contributed by atoms with Crippen LogP contribution in [0.25, 0.3) is 11.2 Å². The summed E-state index contributed by atoms with van der Waals surface area (Å²) in [7, 11) is 3.39. The number of pyridine rings is 2. The molecule has 1 amide bonds. The molecular weight excluding hydrogens is 374 g/mol. The summed E-state index contributed by atoms with van der Waals surface area (Å²) in [4.78, 5) is 26.3. The van der Waals surface area contributed by atoms with E-state index in [1.54, 1.807) is 20.4 Å². The molecule has 4 bridgehead atoms. The Bertz CT molecular complexity index is 1100. The lowest BCUT2D eigenvalue weighted by Gasteiger charge is -2.36. The van der Waals surface area contributed by atoms with E-state index in [2.05, 4.69) is 30.9 Å². The summed E-state index contributed by atoms with van der Waals surface area (Å²) < 4.78 is 12.9. The van der Waals surface area contributed by atoms with Gasteiger partial charge in [0.15, 0.2) is 11.4 Å². The topological polar surface area (TPSA) is 115 Å². The van der Waals surface area contributed by atoms with Crippen molar-refractivity contribution in [3.05, 3.63) is 30.4 Å². The fourth-order valence-corrected chi connectivity index (χ4v) is 3.61. The van der Waals surface area contributed by atoms with Gasteiger partial charge in [0.05, 0.1) is 49.1 Å². The SMILES string of the molecule is CNc1cc2nc3c1ncn3C(=O)N[C@@H]1CC[C@H]1OCc1cc(c(OC)cn1)N2. The van der Waals surface area contributed by atoms with Crippen LogP contribution >= 0.6 is 0 Å². The molecule has 5 rings (SSSR count). The number of methoxy groups -OCH3 is 1. The molecular formula is C19H21N7O3. The highest BCUT2D eigenvalue weighted by Gasteiger charge is 2.34. The number of carbonyl (C=O) groups is 1. The van der Waals surface area contributed by atoms with Crippen LogP contribution in [0.15, 0.2) is 24.7 Å². The number of hydrogen-bond acceptors (Lipinski definition) is 8. The van der Waals surface area contributed by atoms with E-state index < -0.39 is 0 Å². The number of imidazole rings is 1. The van der Waals surface area contributed by atoms with Crippen molar-refractivity contribution in [2.75, 3.05) is 24.8 Å². The lowest BCUT2D eigenvalue weighted by molar-refractivity contribution is -0.0335. The lowest BCUT2D eigenvalue weighted by atomic mass is 9.89. The van der Waals surface area contributed by atoms with Gasteiger partial charge in [-0.05, 0) is 18.9 Å². The van der Waals surface area contributed by atoms with Crippen LogP contribution in [0.4, 0.5) is 22.0 Å². The minimum atomic E-state index is -0.274. The smallest absolute Gasteiger partial charge is 0.328 e. The summed E-state index contributed by atoms with van der Waals surface area (Å²) in [6, 6.07) is 3.40. The van der Waals surface area contributed by atoms with Crippen LogP contribution in [0.1, 0.15) is 18.5 Å². The van der Waals surface area contributed by atoms with Crippen LogP contribution in [0.5, 0.6) is 5.75 Å². The molecule has 1 saturated carbocycles. The molecule has 2 atom stereocenters. The first-order valence-corrected chi connectivity index (χ1v) is 9.44. The van der Waals surface area contributed by atoms with Gasteiger partial charge >= 0.3 is 6.03 Å². The molecule has 0 saturated heterocycles. The Balaban J connectivity index is 1.66. The van der Waals surface area contributed by atoms with E-state index in [1.807, 2.05) is 12.1 Å². The number of carbonyl (C=O) groups excluding carboxylic acids is 1. The molecule has 0 spiro atoms. The van der Waals surface area contributed by atoms with E-state index in [4.69, 9.17) is 9.47 Å². The molecule has 2 aliphatic rings. The molecule has 3 aromatic heterocycles. The van der Waals surface area contributed by atoms with Crippen LogP contribution in [0.3, 0.4) is 0 Å². The average molecular weight is 395 g/mol. The Hall–Kier alpha value is -3.40. The number of ether oxygens (including phenoxy) is 2. The molecule has 10 heteroatoms. The summed E-state index contributed by atoms with van der Waals surface area (Å²) in [6.07, 6.45) is 4.86. The Labute approximate surface area is 166 Å². The Morgan fingerprint density at radius 2 is 2.21 bits per heavy atom. The van der Waals surface area contributed by atoms with Crippen molar-refractivity contribution in [3.8, 4) is 5.75 Å². The Morgan fingerprint density at radius 1 is 1.31 bits per heavy atom. The number of nitrogens with one attached hydrogen (secondary N) is 3. The van der Waals surface area contributed by atoms with Crippen molar-refractivity contribution in [3.63, 3.8) is 0 Å². The highest BCUT2D eigenvalue weighted by atomic mass is 16.5. The standard InChI is InChI=1S/C19H21N7O3/c1-20-13-6-16-23-12-5-10(21-7-15(12)28-2)8-29-14-4-3-11(14)24-19(27)26-9-22-17(13)18(26)25-16/h5-7,9,11,14H,3-4,8H2,1-2H3,(H,24,27)(H2,20,23,25)/t11-,14-/m1/s1. The number of nitrogens with zero attached hydrogens (tertiary/aromatic N) is 4. The zero-order valence-electron chi connectivity index (χ0n) is 16.1. The van der Waals surface area contributed by atoms with Gasteiger partial charge < -0.3 is 25.4 Å². The molecule has 10 nitrogen and oxygen atoms in total. The highest BCUT2D eigenvalue weighted by Crippen LogP contribution is 2.32. The van der Waals surface area contributed by atoms with Crippen molar-refractivity contribution in [1.82, 2.24) is 24.8 Å². The third-order valence-electron chi connectivity index (χ3n) is 5.36. The summed E-state index contributed by atoms with van der Waals surface area (Å²) >= 11 is 0. The first-order chi connectivity index (χ1) is 14.2. The van der Waals surface area contributed by atoms with Crippen molar-refractivity contribution >= 4 is 34.4 Å². The second-order valence-corrected chi connectivity index (χ2v) is 7.08. The fraction of sp³-hybridized carbons (Fsp3) is 0.368. The Kier molecular flexibility index (Phi) is 4.20. The number of aromatic nitrogens is 4. The van der Waals surface area contributed by atoms with Crippen molar-refractivity contribution in [1.29, 1.82) is 0 Å². The van der Waals surface area contributed by atoms with Gasteiger partial charge in [-0.3, -0.25) is 4.98 Å². The van der Waals surface area contributed by atoms with Crippen LogP contribution < -0.4 is 20.7 Å². The minimum Gasteiger partial charge on any atom is -0.493 e. The molecule has 3 aromatic rings. The molecule has 150 valence electrons. The third-order valence-corrected chi connectivity index (χ3v) is 5.36. The second kappa shape index (κ2) is 6.89. The summed E-state index contributed by atoms with van der Waals surface area (Å²) in [5.74, 6) is 1.13. The van der Waals surface area contributed by atoms with Crippen molar-refractivity contribution in [2.24, 2.45) is 0 Å². The van der Waals surface area contributed by atoms with Gasteiger partial charge in [-0.15, -0.1) is 0 Å². The number of amides is 1. The quantitative estimate of drug-likeness (QED) is 0.605. The molecule has 1 aliphatic heterocycles. The zero-order valence-corrected chi connectivity index (χ0v) is 16.1. The largest absolute Gasteiger partial charge is 0.493 e. The maximum absolute atomic E-state index is 12.9. The molecule has 4 heterocycles.